The normalized spacial score (nSPS) is 16.8. The van der Waals surface area contributed by atoms with Gasteiger partial charge in [0.05, 0.1) is 0 Å². The van der Waals surface area contributed by atoms with Crippen molar-refractivity contribution in [2.45, 2.75) is 38.0 Å². The van der Waals surface area contributed by atoms with Crippen LogP contribution in [0.25, 0.3) is 11.1 Å². The average Bonchev–Trinajstić information content (AvgIpc) is 3.01. The molecule has 0 atom stereocenters. The zero-order valence-corrected chi connectivity index (χ0v) is 15.0. The van der Waals surface area contributed by atoms with Gasteiger partial charge in [-0.2, -0.15) is 0 Å². The molecule has 0 bridgehead atoms. The number of benzene rings is 2. The quantitative estimate of drug-likeness (QED) is 0.774. The Balaban J connectivity index is 1.32. The molecule has 0 spiro atoms. The van der Waals surface area contributed by atoms with Gasteiger partial charge in [-0.15, -0.1) is 0 Å². The van der Waals surface area contributed by atoms with Gasteiger partial charge in [0.2, 0.25) is 0 Å². The van der Waals surface area contributed by atoms with Gasteiger partial charge < -0.3 is 4.74 Å². The Kier molecular flexibility index (Phi) is 5.21. The van der Waals surface area contributed by atoms with Crippen LogP contribution in [0, 0.1) is 5.92 Å². The van der Waals surface area contributed by atoms with Crippen LogP contribution in [0.2, 0.25) is 0 Å². The van der Waals surface area contributed by atoms with Gasteiger partial charge in [-0.25, -0.2) is 10.2 Å². The Morgan fingerprint density at radius 3 is 2.19 bits per heavy atom. The summed E-state index contributed by atoms with van der Waals surface area (Å²) in [7, 11) is 0. The van der Waals surface area contributed by atoms with Crippen LogP contribution in [0.1, 0.15) is 49.1 Å². The van der Waals surface area contributed by atoms with Crippen molar-refractivity contribution in [3.63, 3.8) is 0 Å². The third kappa shape index (κ3) is 3.61. The lowest BCUT2D eigenvalue weighted by atomic mass is 9.89. The monoisotopic (exact) mass is 350 g/mol. The lowest BCUT2D eigenvalue weighted by molar-refractivity contribution is 0.137. The topological polar surface area (TPSA) is 50.4 Å². The second-order valence-electron chi connectivity index (χ2n) is 7.34. The van der Waals surface area contributed by atoms with Crippen molar-refractivity contribution in [3.05, 3.63) is 59.7 Å². The molecular weight excluding hydrogens is 324 g/mol. The summed E-state index contributed by atoms with van der Waals surface area (Å²) in [6.45, 7) is 1.18. The first-order chi connectivity index (χ1) is 12.8. The van der Waals surface area contributed by atoms with Gasteiger partial charge in [0, 0.05) is 12.5 Å². The number of hydrazine groups is 1. The molecule has 4 rings (SSSR count). The van der Waals surface area contributed by atoms with Crippen molar-refractivity contribution in [2.24, 2.45) is 5.92 Å². The van der Waals surface area contributed by atoms with E-state index in [1.807, 2.05) is 12.1 Å². The number of amides is 1. The van der Waals surface area contributed by atoms with Gasteiger partial charge in [-0.1, -0.05) is 67.8 Å². The molecule has 2 aromatic carbocycles. The van der Waals surface area contributed by atoms with Crippen LogP contribution in [0.5, 0.6) is 0 Å². The molecule has 1 amide bonds. The van der Waals surface area contributed by atoms with Crippen LogP contribution in [0.15, 0.2) is 48.5 Å². The first kappa shape index (κ1) is 17.1. The van der Waals surface area contributed by atoms with Crippen molar-refractivity contribution < 1.29 is 9.53 Å². The van der Waals surface area contributed by atoms with Crippen LogP contribution in [0.4, 0.5) is 4.79 Å². The molecule has 2 aliphatic rings. The number of ether oxygens (including phenoxy) is 1. The highest BCUT2D eigenvalue weighted by molar-refractivity contribution is 5.79. The second-order valence-corrected chi connectivity index (χ2v) is 7.34. The summed E-state index contributed by atoms with van der Waals surface area (Å²) in [4.78, 5) is 12.1. The van der Waals surface area contributed by atoms with E-state index in [9.17, 15) is 4.79 Å². The lowest BCUT2D eigenvalue weighted by Gasteiger charge is -2.22. The molecule has 2 aliphatic carbocycles. The highest BCUT2D eigenvalue weighted by Gasteiger charge is 2.28. The molecule has 2 aromatic rings. The Morgan fingerprint density at radius 1 is 0.923 bits per heavy atom. The number of hydrogen-bond acceptors (Lipinski definition) is 3. The average molecular weight is 350 g/mol. The Hall–Kier alpha value is -2.33. The molecule has 0 aliphatic heterocycles. The van der Waals surface area contributed by atoms with Gasteiger partial charge in [0.25, 0.3) is 0 Å². The van der Waals surface area contributed by atoms with Crippen molar-refractivity contribution in [3.8, 4) is 11.1 Å². The molecule has 2 N–H and O–H groups in total. The minimum Gasteiger partial charge on any atom is -0.448 e. The summed E-state index contributed by atoms with van der Waals surface area (Å²) >= 11 is 0. The number of carbonyl (C=O) groups excluding carboxylic acids is 1. The predicted octanol–water partition coefficient (Wildman–Crippen LogP) is 4.61. The third-order valence-electron chi connectivity index (χ3n) is 5.65. The van der Waals surface area contributed by atoms with E-state index in [-0.39, 0.29) is 5.92 Å². The van der Waals surface area contributed by atoms with Crippen molar-refractivity contribution in [1.82, 2.24) is 10.9 Å². The minimum atomic E-state index is -0.400. The van der Waals surface area contributed by atoms with Gasteiger partial charge in [-0.3, -0.25) is 5.43 Å². The van der Waals surface area contributed by atoms with Gasteiger partial charge in [0.1, 0.15) is 6.61 Å². The van der Waals surface area contributed by atoms with E-state index in [0.29, 0.717) is 12.5 Å². The number of carbonyl (C=O) groups is 1. The molecule has 1 saturated carbocycles. The Labute approximate surface area is 154 Å². The van der Waals surface area contributed by atoms with E-state index >= 15 is 0 Å². The van der Waals surface area contributed by atoms with Crippen molar-refractivity contribution >= 4 is 6.09 Å². The van der Waals surface area contributed by atoms with Crippen LogP contribution in [-0.2, 0) is 4.74 Å². The minimum absolute atomic E-state index is 0.103. The highest BCUT2D eigenvalue weighted by Crippen LogP contribution is 2.44. The van der Waals surface area contributed by atoms with Gasteiger partial charge in [0.15, 0.2) is 0 Å². The van der Waals surface area contributed by atoms with E-state index < -0.39 is 6.09 Å². The zero-order chi connectivity index (χ0) is 17.8. The molecule has 0 radical (unpaired) electrons. The molecule has 136 valence electrons. The van der Waals surface area contributed by atoms with Crippen LogP contribution >= 0.6 is 0 Å². The summed E-state index contributed by atoms with van der Waals surface area (Å²) < 4.78 is 5.52. The van der Waals surface area contributed by atoms with E-state index in [2.05, 4.69) is 47.2 Å². The van der Waals surface area contributed by atoms with Crippen molar-refractivity contribution in [1.29, 1.82) is 0 Å². The summed E-state index contributed by atoms with van der Waals surface area (Å²) in [6.07, 6.45) is 6.05. The molecule has 4 heteroatoms. The van der Waals surface area contributed by atoms with Gasteiger partial charge >= 0.3 is 6.09 Å². The Bertz CT molecular complexity index is 723. The van der Waals surface area contributed by atoms with Crippen LogP contribution in [0.3, 0.4) is 0 Å². The largest absolute Gasteiger partial charge is 0.448 e. The molecule has 1 fully saturated rings. The van der Waals surface area contributed by atoms with E-state index in [1.165, 1.54) is 54.4 Å². The zero-order valence-electron chi connectivity index (χ0n) is 15.0. The lowest BCUT2D eigenvalue weighted by Crippen LogP contribution is -2.41. The second kappa shape index (κ2) is 7.92. The number of rotatable bonds is 5. The van der Waals surface area contributed by atoms with Crippen LogP contribution in [-0.4, -0.2) is 19.2 Å². The maximum atomic E-state index is 12.1. The third-order valence-corrected chi connectivity index (χ3v) is 5.65. The molecule has 0 unspecified atom stereocenters. The van der Waals surface area contributed by atoms with Gasteiger partial charge in [-0.05, 0) is 41.0 Å². The van der Waals surface area contributed by atoms with Crippen LogP contribution < -0.4 is 10.9 Å². The van der Waals surface area contributed by atoms with E-state index in [1.54, 1.807) is 0 Å². The number of fused-ring (bicyclic) bond motifs is 3. The summed E-state index contributed by atoms with van der Waals surface area (Å²) in [5.41, 5.74) is 10.7. The first-order valence-electron chi connectivity index (χ1n) is 9.67. The first-order valence-corrected chi connectivity index (χ1v) is 9.67. The summed E-state index contributed by atoms with van der Waals surface area (Å²) in [5, 5.41) is 0. The predicted molar refractivity (Wildman–Crippen MR) is 103 cm³/mol. The fourth-order valence-electron chi connectivity index (χ4n) is 4.29. The van der Waals surface area contributed by atoms with Crippen molar-refractivity contribution in [2.75, 3.05) is 13.2 Å². The highest BCUT2D eigenvalue weighted by atomic mass is 16.6. The van der Waals surface area contributed by atoms with E-state index in [0.717, 1.165) is 6.54 Å². The fourth-order valence-corrected chi connectivity index (χ4v) is 4.29. The molecule has 0 aromatic heterocycles. The SMILES string of the molecule is O=C(NNCC1CCCCC1)OCC1c2ccccc2-c2ccccc21. The molecule has 26 heavy (non-hydrogen) atoms. The molecule has 0 heterocycles. The molecule has 0 saturated heterocycles. The molecular formula is C22H26N2O2. The smallest absolute Gasteiger partial charge is 0.421 e. The summed E-state index contributed by atoms with van der Waals surface area (Å²) in [5.74, 6) is 0.768. The van der Waals surface area contributed by atoms with E-state index in [4.69, 9.17) is 4.74 Å². The fraction of sp³-hybridized carbons (Fsp3) is 0.409. The maximum Gasteiger partial charge on any atom is 0.421 e. The molecule has 4 nitrogen and oxygen atoms in total. The maximum absolute atomic E-state index is 12.1. The number of hydrogen-bond donors (Lipinski definition) is 2. The number of nitrogens with one attached hydrogen (secondary N) is 2. The summed E-state index contributed by atoms with van der Waals surface area (Å²) in [6, 6.07) is 16.7. The standard InChI is InChI=1S/C22H26N2O2/c25-22(24-23-14-16-8-2-1-3-9-16)26-15-21-19-12-6-4-10-17(19)18-11-5-7-13-20(18)21/h4-7,10-13,16,21,23H,1-3,8-9,14-15H2,(H,24,25). The Morgan fingerprint density at radius 2 is 1.54 bits per heavy atom.